The molecule has 0 unspecified atom stereocenters. The lowest BCUT2D eigenvalue weighted by Crippen LogP contribution is -2.24. The molecule has 3 N–H and O–H groups in total. The van der Waals surface area contributed by atoms with Crippen LogP contribution in [0.1, 0.15) is 12.5 Å². The summed E-state index contributed by atoms with van der Waals surface area (Å²) in [5.41, 5.74) is 13.6. The van der Waals surface area contributed by atoms with Crippen molar-refractivity contribution in [2.75, 3.05) is 12.3 Å². The van der Waals surface area contributed by atoms with E-state index in [1.807, 2.05) is 121 Å². The molecule has 0 fully saturated rings. The molecular weight excluding hydrogens is 460 g/mol. The van der Waals surface area contributed by atoms with Gasteiger partial charge in [-0.15, -0.1) is 0 Å². The first-order chi connectivity index (χ1) is 18.1. The largest absolute Gasteiger partial charge is 0.399 e. The van der Waals surface area contributed by atoms with E-state index in [9.17, 15) is 4.79 Å². The molecule has 0 bridgehead atoms. The molecule has 6 aromatic rings. The van der Waals surface area contributed by atoms with Gasteiger partial charge >= 0.3 is 0 Å². The van der Waals surface area contributed by atoms with Gasteiger partial charge in [0.05, 0.1) is 30.2 Å². The maximum Gasteiger partial charge on any atom is 0.224 e. The number of pyridine rings is 2. The highest BCUT2D eigenvalue weighted by molar-refractivity contribution is 5.79. The standard InChI is InChI=1S/C17H17N3O.C13H11N3/c1-2-18-17(21)11-13-6-5-7-14(10-13)15-12-19-16-8-3-4-9-20(15)16;14-11-5-3-4-10(8-11)12-9-15-13-6-1-2-7-16(12)13/h3-10,12H,2,11H2,1H3,(H,18,21);1-9H,14H2. The van der Waals surface area contributed by atoms with E-state index in [4.69, 9.17) is 5.73 Å². The van der Waals surface area contributed by atoms with Crippen LogP contribution in [-0.4, -0.2) is 31.2 Å². The molecule has 7 nitrogen and oxygen atoms in total. The van der Waals surface area contributed by atoms with E-state index in [0.29, 0.717) is 13.0 Å². The predicted molar refractivity (Wildman–Crippen MR) is 148 cm³/mol. The molecule has 0 radical (unpaired) electrons. The number of nitrogens with zero attached hydrogens (tertiary/aromatic N) is 4. The lowest BCUT2D eigenvalue weighted by atomic mass is 10.1. The third kappa shape index (κ3) is 5.36. The topological polar surface area (TPSA) is 89.7 Å². The van der Waals surface area contributed by atoms with Gasteiger partial charge < -0.3 is 11.1 Å². The molecular formula is C30H28N6O. The number of carbonyl (C=O) groups excluding carboxylic acids is 1. The third-order valence-electron chi connectivity index (χ3n) is 5.98. The Kier molecular flexibility index (Phi) is 6.94. The number of hydrogen-bond donors (Lipinski definition) is 2. The van der Waals surface area contributed by atoms with Gasteiger partial charge in [-0.05, 0) is 55.0 Å². The molecule has 4 heterocycles. The van der Waals surface area contributed by atoms with Crippen LogP contribution < -0.4 is 11.1 Å². The Morgan fingerprint density at radius 1 is 0.784 bits per heavy atom. The molecule has 0 aliphatic heterocycles. The highest BCUT2D eigenvalue weighted by Crippen LogP contribution is 2.23. The molecule has 4 aromatic heterocycles. The number of aromatic nitrogens is 4. The highest BCUT2D eigenvalue weighted by atomic mass is 16.1. The lowest BCUT2D eigenvalue weighted by molar-refractivity contribution is -0.120. The molecule has 0 atom stereocenters. The Labute approximate surface area is 215 Å². The molecule has 7 heteroatoms. The van der Waals surface area contributed by atoms with Crippen molar-refractivity contribution in [2.45, 2.75) is 13.3 Å². The molecule has 1 amide bonds. The number of likely N-dealkylation sites (N-methyl/N-ethyl adjacent to an activating group) is 1. The number of imidazole rings is 2. The summed E-state index contributed by atoms with van der Waals surface area (Å²) in [5.74, 6) is 0.0489. The van der Waals surface area contributed by atoms with E-state index in [1.54, 1.807) is 0 Å². The summed E-state index contributed by atoms with van der Waals surface area (Å²) in [6, 6.07) is 27.7. The van der Waals surface area contributed by atoms with Gasteiger partial charge in [-0.25, -0.2) is 9.97 Å². The second kappa shape index (κ2) is 10.8. The monoisotopic (exact) mass is 488 g/mol. The van der Waals surface area contributed by atoms with Gasteiger partial charge in [0.15, 0.2) is 0 Å². The Morgan fingerprint density at radius 2 is 1.38 bits per heavy atom. The number of hydrogen-bond acceptors (Lipinski definition) is 4. The van der Waals surface area contributed by atoms with E-state index in [-0.39, 0.29) is 5.91 Å². The Balaban J connectivity index is 0.000000157. The molecule has 6 rings (SSSR count). The summed E-state index contributed by atoms with van der Waals surface area (Å²) in [6.07, 6.45) is 8.12. The Hall–Kier alpha value is -4.91. The van der Waals surface area contributed by atoms with Gasteiger partial charge in [0.25, 0.3) is 0 Å². The van der Waals surface area contributed by atoms with Crippen LogP contribution in [0.5, 0.6) is 0 Å². The number of rotatable bonds is 5. The summed E-state index contributed by atoms with van der Waals surface area (Å²) in [6.45, 7) is 2.58. The number of nitrogens with one attached hydrogen (secondary N) is 1. The fourth-order valence-corrected chi connectivity index (χ4v) is 4.28. The smallest absolute Gasteiger partial charge is 0.224 e. The fourth-order valence-electron chi connectivity index (χ4n) is 4.28. The second-order valence-corrected chi connectivity index (χ2v) is 8.60. The summed E-state index contributed by atoms with van der Waals surface area (Å²) in [5, 5.41) is 2.82. The number of anilines is 1. The number of benzene rings is 2. The van der Waals surface area contributed by atoms with Gasteiger partial charge in [-0.3, -0.25) is 13.6 Å². The first-order valence-electron chi connectivity index (χ1n) is 12.2. The Morgan fingerprint density at radius 3 is 1.97 bits per heavy atom. The van der Waals surface area contributed by atoms with Crippen LogP contribution in [0.25, 0.3) is 33.8 Å². The number of nitrogens with two attached hydrogens (primary N) is 1. The van der Waals surface area contributed by atoms with Crippen LogP contribution in [0.4, 0.5) is 5.69 Å². The summed E-state index contributed by atoms with van der Waals surface area (Å²) in [4.78, 5) is 20.4. The molecule has 0 spiro atoms. The minimum atomic E-state index is 0.0489. The van der Waals surface area contributed by atoms with E-state index in [0.717, 1.165) is 45.1 Å². The second-order valence-electron chi connectivity index (χ2n) is 8.60. The predicted octanol–water partition coefficient (Wildman–Crippen LogP) is 5.26. The van der Waals surface area contributed by atoms with Crippen LogP contribution in [0.2, 0.25) is 0 Å². The average Bonchev–Trinajstić information content (AvgIpc) is 3.54. The molecule has 0 aliphatic carbocycles. The molecule has 184 valence electrons. The molecule has 0 saturated carbocycles. The van der Waals surface area contributed by atoms with E-state index in [2.05, 4.69) is 19.7 Å². The van der Waals surface area contributed by atoms with Gasteiger partial charge in [0.2, 0.25) is 5.91 Å². The van der Waals surface area contributed by atoms with Crippen molar-refractivity contribution in [1.82, 2.24) is 24.1 Å². The van der Waals surface area contributed by atoms with Gasteiger partial charge in [-0.2, -0.15) is 0 Å². The van der Waals surface area contributed by atoms with E-state index in [1.165, 1.54) is 0 Å². The zero-order valence-electron chi connectivity index (χ0n) is 20.6. The quantitative estimate of drug-likeness (QED) is 0.324. The number of amides is 1. The normalized spacial score (nSPS) is 10.7. The van der Waals surface area contributed by atoms with Crippen molar-refractivity contribution in [3.05, 3.63) is 115 Å². The molecule has 0 saturated heterocycles. The maximum absolute atomic E-state index is 11.7. The van der Waals surface area contributed by atoms with Crippen molar-refractivity contribution in [3.8, 4) is 22.5 Å². The summed E-state index contributed by atoms with van der Waals surface area (Å²) >= 11 is 0. The minimum Gasteiger partial charge on any atom is -0.399 e. The highest BCUT2D eigenvalue weighted by Gasteiger charge is 2.08. The van der Waals surface area contributed by atoms with Crippen molar-refractivity contribution in [1.29, 1.82) is 0 Å². The van der Waals surface area contributed by atoms with Gasteiger partial charge in [0, 0.05) is 35.8 Å². The molecule has 37 heavy (non-hydrogen) atoms. The molecule has 0 aliphatic rings. The number of carbonyl (C=O) groups is 1. The first kappa shape index (κ1) is 23.8. The average molecular weight is 489 g/mol. The van der Waals surface area contributed by atoms with Crippen LogP contribution in [0.15, 0.2) is 110 Å². The van der Waals surface area contributed by atoms with Crippen LogP contribution in [0.3, 0.4) is 0 Å². The SMILES string of the molecule is CCNC(=O)Cc1cccc(-c2cnc3ccccn23)c1.Nc1cccc(-c2cnc3ccccn23)c1. The molecule has 2 aromatic carbocycles. The van der Waals surface area contributed by atoms with Gasteiger partial charge in [-0.1, -0.05) is 42.5 Å². The minimum absolute atomic E-state index is 0.0489. The van der Waals surface area contributed by atoms with Crippen molar-refractivity contribution >= 4 is 22.9 Å². The van der Waals surface area contributed by atoms with E-state index >= 15 is 0 Å². The fraction of sp³-hybridized carbons (Fsp3) is 0.100. The van der Waals surface area contributed by atoms with Crippen LogP contribution >= 0.6 is 0 Å². The maximum atomic E-state index is 11.7. The summed E-state index contributed by atoms with van der Waals surface area (Å²) in [7, 11) is 0. The Bertz CT molecular complexity index is 1670. The zero-order chi connectivity index (χ0) is 25.6. The number of nitrogen functional groups attached to an aromatic ring is 1. The van der Waals surface area contributed by atoms with Crippen LogP contribution in [-0.2, 0) is 11.2 Å². The van der Waals surface area contributed by atoms with Crippen molar-refractivity contribution in [3.63, 3.8) is 0 Å². The van der Waals surface area contributed by atoms with Crippen LogP contribution in [0, 0.1) is 0 Å². The van der Waals surface area contributed by atoms with E-state index < -0.39 is 0 Å². The van der Waals surface area contributed by atoms with Crippen molar-refractivity contribution in [2.24, 2.45) is 0 Å². The first-order valence-corrected chi connectivity index (χ1v) is 12.2. The zero-order valence-corrected chi connectivity index (χ0v) is 20.6. The summed E-state index contributed by atoms with van der Waals surface area (Å²) < 4.78 is 4.10. The third-order valence-corrected chi connectivity index (χ3v) is 5.98. The van der Waals surface area contributed by atoms with Crippen molar-refractivity contribution < 1.29 is 4.79 Å². The lowest BCUT2D eigenvalue weighted by Gasteiger charge is -2.06. The number of fused-ring (bicyclic) bond motifs is 2. The van der Waals surface area contributed by atoms with Gasteiger partial charge in [0.1, 0.15) is 11.3 Å².